The van der Waals surface area contributed by atoms with Gasteiger partial charge in [-0.1, -0.05) is 11.6 Å². The monoisotopic (exact) mass is 293 g/mol. The summed E-state index contributed by atoms with van der Waals surface area (Å²) in [6.45, 7) is 1.77. The summed E-state index contributed by atoms with van der Waals surface area (Å²) in [4.78, 5) is 12.3. The predicted octanol–water partition coefficient (Wildman–Crippen LogP) is 2.85. The molecule has 1 aliphatic heterocycles. The molecule has 2 fully saturated rings. The van der Waals surface area contributed by atoms with Crippen LogP contribution in [0.3, 0.4) is 0 Å². The van der Waals surface area contributed by atoms with Crippen LogP contribution in [0.5, 0.6) is 0 Å². The van der Waals surface area contributed by atoms with E-state index in [0.717, 1.165) is 37.3 Å². The molecule has 1 aromatic carbocycles. The summed E-state index contributed by atoms with van der Waals surface area (Å²) in [5, 5.41) is 10.4. The fourth-order valence-electron chi connectivity index (χ4n) is 2.50. The molecule has 4 nitrogen and oxygen atoms in total. The normalized spacial score (nSPS) is 22.4. The number of rotatable bonds is 4. The summed E-state index contributed by atoms with van der Waals surface area (Å²) in [5.74, 6) is 0.134. The molecule has 1 amide bonds. The summed E-state index contributed by atoms with van der Waals surface area (Å²) in [5.41, 5.74) is 1.76. The first-order valence-electron chi connectivity index (χ1n) is 7.30. The van der Waals surface area contributed by atoms with Gasteiger partial charge in [-0.25, -0.2) is 0 Å². The van der Waals surface area contributed by atoms with E-state index in [1.807, 2.05) is 18.2 Å². The Morgan fingerprint density at radius 1 is 1.25 bits per heavy atom. The van der Waals surface area contributed by atoms with Crippen LogP contribution in [0.4, 0.5) is 11.4 Å². The largest absolute Gasteiger partial charge is 0.381 e. The lowest BCUT2D eigenvalue weighted by Gasteiger charge is -2.22. The number of benzene rings is 1. The Kier molecular flexibility index (Phi) is 4.13. The summed E-state index contributed by atoms with van der Waals surface area (Å²) < 4.78 is 0. The van der Waals surface area contributed by atoms with E-state index in [9.17, 15) is 4.79 Å². The minimum absolute atomic E-state index is 0.0523. The molecule has 0 radical (unpaired) electrons. The Balaban J connectivity index is 1.70. The van der Waals surface area contributed by atoms with Crippen molar-refractivity contribution in [1.82, 2.24) is 5.32 Å². The number of carbonyl (C=O) groups is 1. The molecule has 2 aliphatic rings. The van der Waals surface area contributed by atoms with Crippen molar-refractivity contribution in [3.63, 3.8) is 0 Å². The van der Waals surface area contributed by atoms with Gasteiger partial charge in [0.25, 0.3) is 0 Å². The zero-order chi connectivity index (χ0) is 13.9. The Morgan fingerprint density at radius 3 is 2.80 bits per heavy atom. The molecule has 20 heavy (non-hydrogen) atoms. The lowest BCUT2D eigenvalue weighted by Crippen LogP contribution is -2.37. The van der Waals surface area contributed by atoms with Gasteiger partial charge in [0, 0.05) is 17.6 Å². The van der Waals surface area contributed by atoms with E-state index in [1.165, 1.54) is 12.8 Å². The maximum absolute atomic E-state index is 12.3. The van der Waals surface area contributed by atoms with Gasteiger partial charge in [-0.15, -0.1) is 0 Å². The molecule has 1 unspecified atom stereocenters. The van der Waals surface area contributed by atoms with Gasteiger partial charge in [0.1, 0.15) is 0 Å². The molecule has 1 aliphatic carbocycles. The van der Waals surface area contributed by atoms with E-state index in [2.05, 4.69) is 16.0 Å². The number of amides is 1. The van der Waals surface area contributed by atoms with E-state index in [-0.39, 0.29) is 11.8 Å². The third-order valence-electron chi connectivity index (χ3n) is 3.84. The molecule has 3 rings (SSSR count). The molecule has 0 bridgehead atoms. The highest BCUT2D eigenvalue weighted by Gasteiger charge is 2.24. The van der Waals surface area contributed by atoms with Gasteiger partial charge in [-0.3, -0.25) is 4.79 Å². The van der Waals surface area contributed by atoms with Crippen molar-refractivity contribution in [3.05, 3.63) is 23.2 Å². The quantitative estimate of drug-likeness (QED) is 0.800. The Bertz CT molecular complexity index is 496. The highest BCUT2D eigenvalue weighted by molar-refractivity contribution is 6.31. The molecule has 0 spiro atoms. The molecule has 1 heterocycles. The van der Waals surface area contributed by atoms with Gasteiger partial charge in [0.15, 0.2) is 0 Å². The SMILES string of the molecule is O=C(Nc1cc(Cl)ccc1NC1CC1)C1CCCNC1. The molecule has 5 heteroatoms. The van der Waals surface area contributed by atoms with E-state index in [0.29, 0.717) is 11.1 Å². The summed E-state index contributed by atoms with van der Waals surface area (Å²) in [7, 11) is 0. The highest BCUT2D eigenvalue weighted by atomic mass is 35.5. The Hall–Kier alpha value is -1.26. The van der Waals surface area contributed by atoms with Gasteiger partial charge < -0.3 is 16.0 Å². The van der Waals surface area contributed by atoms with Crippen molar-refractivity contribution in [2.24, 2.45) is 5.92 Å². The second-order valence-electron chi connectivity index (χ2n) is 5.64. The van der Waals surface area contributed by atoms with Gasteiger partial charge in [0.05, 0.1) is 17.3 Å². The Labute approximate surface area is 124 Å². The van der Waals surface area contributed by atoms with Crippen molar-refractivity contribution in [1.29, 1.82) is 0 Å². The zero-order valence-corrected chi connectivity index (χ0v) is 12.2. The first-order chi connectivity index (χ1) is 9.72. The standard InChI is InChI=1S/C15H20ClN3O/c16-11-3-6-13(18-12-4-5-12)14(8-11)19-15(20)10-2-1-7-17-9-10/h3,6,8,10,12,17-18H,1-2,4-5,7,9H2,(H,19,20). The van der Waals surface area contributed by atoms with Crippen molar-refractivity contribution in [3.8, 4) is 0 Å². The van der Waals surface area contributed by atoms with Gasteiger partial charge >= 0.3 is 0 Å². The van der Waals surface area contributed by atoms with Gasteiger partial charge in [-0.2, -0.15) is 0 Å². The van der Waals surface area contributed by atoms with Gasteiger partial charge in [0.2, 0.25) is 5.91 Å². The maximum Gasteiger partial charge on any atom is 0.228 e. The third kappa shape index (κ3) is 3.44. The van der Waals surface area contributed by atoms with Crippen LogP contribution in [0.25, 0.3) is 0 Å². The summed E-state index contributed by atoms with van der Waals surface area (Å²) in [6.07, 6.45) is 4.40. The first-order valence-corrected chi connectivity index (χ1v) is 7.68. The van der Waals surface area contributed by atoms with Crippen LogP contribution in [-0.2, 0) is 4.79 Å². The summed E-state index contributed by atoms with van der Waals surface area (Å²) >= 11 is 6.05. The molecule has 1 saturated carbocycles. The Morgan fingerprint density at radius 2 is 2.10 bits per heavy atom. The van der Waals surface area contributed by atoms with E-state index in [4.69, 9.17) is 11.6 Å². The molecule has 108 valence electrons. The molecule has 0 aromatic heterocycles. The van der Waals surface area contributed by atoms with Crippen molar-refractivity contribution in [2.45, 2.75) is 31.7 Å². The van der Waals surface area contributed by atoms with Crippen LogP contribution >= 0.6 is 11.6 Å². The second kappa shape index (κ2) is 6.02. The number of piperidine rings is 1. The molecule has 1 saturated heterocycles. The molecule has 1 aromatic rings. The van der Waals surface area contributed by atoms with E-state index in [1.54, 1.807) is 0 Å². The topological polar surface area (TPSA) is 53.2 Å². The van der Waals surface area contributed by atoms with Crippen LogP contribution in [0, 0.1) is 5.92 Å². The number of nitrogens with one attached hydrogen (secondary N) is 3. The van der Waals surface area contributed by atoms with E-state index < -0.39 is 0 Å². The highest BCUT2D eigenvalue weighted by Crippen LogP contribution is 2.31. The van der Waals surface area contributed by atoms with Gasteiger partial charge in [-0.05, 0) is 50.4 Å². The number of halogens is 1. The molecular formula is C15H20ClN3O. The lowest BCUT2D eigenvalue weighted by molar-refractivity contribution is -0.120. The number of hydrogen-bond donors (Lipinski definition) is 3. The van der Waals surface area contributed by atoms with Crippen molar-refractivity contribution >= 4 is 28.9 Å². The van der Waals surface area contributed by atoms with Crippen LogP contribution in [-0.4, -0.2) is 25.0 Å². The second-order valence-corrected chi connectivity index (χ2v) is 6.08. The average molecular weight is 294 g/mol. The average Bonchev–Trinajstić information content (AvgIpc) is 3.27. The predicted molar refractivity (Wildman–Crippen MR) is 82.3 cm³/mol. The number of anilines is 2. The van der Waals surface area contributed by atoms with Crippen LogP contribution in [0.2, 0.25) is 5.02 Å². The fraction of sp³-hybridized carbons (Fsp3) is 0.533. The summed E-state index contributed by atoms with van der Waals surface area (Å²) in [6, 6.07) is 6.16. The number of carbonyl (C=O) groups excluding carboxylic acids is 1. The van der Waals surface area contributed by atoms with Crippen molar-refractivity contribution in [2.75, 3.05) is 23.7 Å². The van der Waals surface area contributed by atoms with Crippen LogP contribution in [0.1, 0.15) is 25.7 Å². The maximum atomic E-state index is 12.3. The minimum atomic E-state index is 0.0523. The molecular weight excluding hydrogens is 274 g/mol. The zero-order valence-electron chi connectivity index (χ0n) is 11.4. The number of hydrogen-bond acceptors (Lipinski definition) is 3. The lowest BCUT2D eigenvalue weighted by atomic mass is 9.99. The third-order valence-corrected chi connectivity index (χ3v) is 4.08. The smallest absolute Gasteiger partial charge is 0.228 e. The first kappa shape index (κ1) is 13.7. The van der Waals surface area contributed by atoms with Crippen LogP contribution < -0.4 is 16.0 Å². The molecule has 3 N–H and O–H groups in total. The van der Waals surface area contributed by atoms with Crippen LogP contribution in [0.15, 0.2) is 18.2 Å². The van der Waals surface area contributed by atoms with E-state index >= 15 is 0 Å². The minimum Gasteiger partial charge on any atom is -0.381 e. The fourth-order valence-corrected chi connectivity index (χ4v) is 2.68. The van der Waals surface area contributed by atoms with Crippen molar-refractivity contribution < 1.29 is 4.79 Å². The molecule has 1 atom stereocenters.